The summed E-state index contributed by atoms with van der Waals surface area (Å²) in [6.45, 7) is 1.82. The van der Waals surface area contributed by atoms with Gasteiger partial charge in [0, 0.05) is 76.8 Å². The maximum atomic E-state index is 15.7. The predicted octanol–water partition coefficient (Wildman–Crippen LogP) is 9.30. The van der Waals surface area contributed by atoms with Crippen LogP contribution < -0.4 is 39.6 Å². The van der Waals surface area contributed by atoms with Gasteiger partial charge in [0.15, 0.2) is 17.5 Å². The fourth-order valence-corrected chi connectivity index (χ4v) is 12.7. The van der Waals surface area contributed by atoms with E-state index < -0.39 is 53.3 Å². The van der Waals surface area contributed by atoms with E-state index in [1.54, 1.807) is 29.7 Å². The van der Waals surface area contributed by atoms with Crippen molar-refractivity contribution in [3.63, 3.8) is 0 Å². The third kappa shape index (κ3) is 9.45. The fourth-order valence-electron chi connectivity index (χ4n) is 9.97. The van der Waals surface area contributed by atoms with Crippen LogP contribution in [0.5, 0.6) is 0 Å². The van der Waals surface area contributed by atoms with Gasteiger partial charge in [-0.15, -0.1) is 0 Å². The number of hydrogen-bond acceptors (Lipinski definition) is 8. The van der Waals surface area contributed by atoms with Gasteiger partial charge in [-0.2, -0.15) is 0 Å². The molecule has 3 aliphatic carbocycles. The van der Waals surface area contributed by atoms with Crippen molar-refractivity contribution in [2.24, 2.45) is 0 Å². The zero-order valence-corrected chi connectivity index (χ0v) is 44.0. The number of aromatic nitrogens is 2. The Kier molecular flexibility index (Phi) is 15.0. The van der Waals surface area contributed by atoms with Crippen molar-refractivity contribution in [1.82, 2.24) is 9.13 Å². The standard InChI is InChI=1S/C31H25ClF2N2O3S.C22H18ClF2NO4S.Na/c32-21-12-11-19-28(26(21)34)35(15-24(37)36-16-31(13-4-14-31)20-6-1-2-7-22(20)36)27(17-9-10-17)29(19)40-23-8-3-5-18(25(23)33)30(38)39;1-2-30-22(29)12-4-3-5-15(17(12)24)31-21-13-8-9-14(23)18(25)20(13)26(10-16(27)28)19(21)11-6-7-11;/h1-3,5-8,11-12,17H,4,9-10,13-16H2,(H,38,39);3-5,8-9,11H,2,6-7,10H2,1H3,(H,27,28);/q;;+1/p-1. The molecule has 72 heavy (non-hydrogen) atoms. The van der Waals surface area contributed by atoms with Gasteiger partial charge in [-0.05, 0) is 99.5 Å². The molecule has 366 valence electrons. The summed E-state index contributed by atoms with van der Waals surface area (Å²) in [6, 6.07) is 22.7. The molecule has 1 amide bonds. The van der Waals surface area contributed by atoms with Crippen LogP contribution in [-0.2, 0) is 32.8 Å². The number of amides is 1. The molecule has 1 aliphatic heterocycles. The Morgan fingerprint density at radius 3 is 1.71 bits per heavy atom. The van der Waals surface area contributed by atoms with Crippen molar-refractivity contribution in [3.8, 4) is 0 Å². The fraction of sp³-hybridized carbons (Fsp3) is 0.283. The predicted molar refractivity (Wildman–Crippen MR) is 261 cm³/mol. The van der Waals surface area contributed by atoms with Gasteiger partial charge in [0.1, 0.15) is 18.9 Å². The molecule has 0 unspecified atom stereocenters. The van der Waals surface area contributed by atoms with Crippen molar-refractivity contribution >= 4 is 98.0 Å². The number of para-hydroxylation sites is 1. The summed E-state index contributed by atoms with van der Waals surface area (Å²) in [5.74, 6) is -6.51. The zero-order valence-electron chi connectivity index (χ0n) is 38.8. The van der Waals surface area contributed by atoms with Gasteiger partial charge in [0.25, 0.3) is 0 Å². The van der Waals surface area contributed by atoms with E-state index in [1.165, 1.54) is 46.5 Å². The second-order valence-electron chi connectivity index (χ2n) is 18.1. The Hall–Kier alpha value is -4.94. The molecule has 1 N–H and O–H groups in total. The number of halogens is 6. The molecular weight excluding hydrogens is 1020 g/mol. The molecule has 0 radical (unpaired) electrons. The first kappa shape index (κ1) is 51.9. The summed E-state index contributed by atoms with van der Waals surface area (Å²) in [4.78, 5) is 52.3. The Balaban J connectivity index is 0.000000181. The van der Waals surface area contributed by atoms with Crippen LogP contribution in [0.1, 0.15) is 101 Å². The summed E-state index contributed by atoms with van der Waals surface area (Å²) < 4.78 is 69.0. The maximum absolute atomic E-state index is 15.7. The summed E-state index contributed by atoms with van der Waals surface area (Å²) in [5.41, 5.74) is 3.04. The number of carboxylic acid groups (broad SMARTS) is 2. The van der Waals surface area contributed by atoms with Crippen LogP contribution in [0.3, 0.4) is 0 Å². The van der Waals surface area contributed by atoms with Gasteiger partial charge in [0.05, 0.1) is 39.2 Å². The summed E-state index contributed by atoms with van der Waals surface area (Å²) in [6.07, 6.45) is 6.55. The number of carboxylic acids is 2. The van der Waals surface area contributed by atoms with E-state index in [2.05, 4.69) is 6.07 Å². The third-order valence-electron chi connectivity index (χ3n) is 13.6. The minimum atomic E-state index is -1.61. The van der Waals surface area contributed by atoms with Crippen LogP contribution in [0.2, 0.25) is 10.0 Å². The molecule has 3 heterocycles. The SMILES string of the molecule is CCOC(=O)c1cccc(Sc2c(C3CC3)n(CC(=O)O)c3c(F)c(Cl)ccc23)c1F.O=C([O-])c1cccc(Sc2c(C3CC3)n(CC(=O)N3CC4(CCC4)c4ccccc43)c3c(F)c(Cl)ccc23)c1F.[Na+]. The minimum Gasteiger partial charge on any atom is -0.545 e. The number of esters is 1. The van der Waals surface area contributed by atoms with E-state index >= 15 is 13.2 Å². The number of aliphatic carboxylic acids is 1. The van der Waals surface area contributed by atoms with Gasteiger partial charge in [-0.25, -0.2) is 22.4 Å². The van der Waals surface area contributed by atoms with Crippen LogP contribution >= 0.6 is 46.7 Å². The molecule has 4 aliphatic rings. The van der Waals surface area contributed by atoms with E-state index in [9.17, 15) is 33.8 Å². The van der Waals surface area contributed by atoms with Crippen molar-refractivity contribution < 1.29 is 81.2 Å². The molecule has 0 bridgehead atoms. The monoisotopic (exact) mass is 1070 g/mol. The molecule has 10 nitrogen and oxygen atoms in total. The molecule has 1 spiro atoms. The molecule has 2 aromatic heterocycles. The van der Waals surface area contributed by atoms with Crippen molar-refractivity contribution in [3.05, 3.63) is 146 Å². The number of carbonyl (C=O) groups is 4. The number of rotatable bonds is 13. The van der Waals surface area contributed by atoms with E-state index in [0.29, 0.717) is 32.8 Å². The van der Waals surface area contributed by atoms with Crippen molar-refractivity contribution in [1.29, 1.82) is 0 Å². The minimum absolute atomic E-state index is 0. The number of fused-ring (bicyclic) bond motifs is 4. The van der Waals surface area contributed by atoms with Gasteiger partial charge < -0.3 is 33.8 Å². The van der Waals surface area contributed by atoms with Crippen LogP contribution in [0.25, 0.3) is 21.8 Å². The van der Waals surface area contributed by atoms with Crippen molar-refractivity contribution in [2.75, 3.05) is 18.1 Å². The Morgan fingerprint density at radius 2 is 1.22 bits per heavy atom. The topological polar surface area (TPSA) is 134 Å². The Morgan fingerprint density at radius 1 is 0.708 bits per heavy atom. The van der Waals surface area contributed by atoms with Crippen LogP contribution in [0.15, 0.2) is 105 Å². The second kappa shape index (κ2) is 20.8. The van der Waals surface area contributed by atoms with E-state index in [4.69, 9.17) is 27.9 Å². The molecule has 3 saturated carbocycles. The van der Waals surface area contributed by atoms with Crippen molar-refractivity contribution in [2.45, 2.75) is 102 Å². The first-order valence-electron chi connectivity index (χ1n) is 23.0. The largest absolute Gasteiger partial charge is 1.00 e. The van der Waals surface area contributed by atoms with Crippen LogP contribution in [0, 0.1) is 23.3 Å². The second-order valence-corrected chi connectivity index (χ2v) is 21.1. The Labute approximate surface area is 451 Å². The van der Waals surface area contributed by atoms with Gasteiger partial charge in [0.2, 0.25) is 5.91 Å². The normalized spacial score (nSPS) is 15.5. The summed E-state index contributed by atoms with van der Waals surface area (Å²) in [7, 11) is 0. The third-order valence-corrected chi connectivity index (χ3v) is 16.6. The van der Waals surface area contributed by atoms with Gasteiger partial charge >= 0.3 is 41.5 Å². The number of benzene rings is 5. The summed E-state index contributed by atoms with van der Waals surface area (Å²) in [5, 5.41) is 21.6. The number of nitrogens with zero attached hydrogens (tertiary/aromatic N) is 3. The number of hydrogen-bond donors (Lipinski definition) is 1. The molecule has 11 rings (SSSR count). The first-order chi connectivity index (χ1) is 34.1. The maximum Gasteiger partial charge on any atom is 1.00 e. The van der Waals surface area contributed by atoms with E-state index in [-0.39, 0.29) is 102 Å². The number of aromatic carboxylic acids is 1. The molecule has 3 fully saturated rings. The number of ether oxygens (including phenoxy) is 1. The Bertz CT molecular complexity index is 3380. The molecule has 0 saturated heterocycles. The average Bonchev–Trinajstić information content (AvgIpc) is 4.27. The number of anilines is 1. The molecule has 0 atom stereocenters. The van der Waals surface area contributed by atoms with E-state index in [0.717, 1.165) is 85.9 Å². The molecule has 19 heteroatoms. The van der Waals surface area contributed by atoms with E-state index in [1.807, 2.05) is 23.1 Å². The molecular formula is C53H42Cl2F4N3NaO7S2. The number of carbonyl (C=O) groups excluding carboxylic acids is 3. The van der Waals surface area contributed by atoms with Gasteiger partial charge in [-0.3, -0.25) is 9.59 Å². The van der Waals surface area contributed by atoms with Crippen LogP contribution in [0.4, 0.5) is 23.2 Å². The zero-order chi connectivity index (χ0) is 50.0. The first-order valence-corrected chi connectivity index (χ1v) is 25.4. The average molecular weight is 1070 g/mol. The molecule has 7 aromatic rings. The molecule has 5 aromatic carbocycles. The smallest absolute Gasteiger partial charge is 0.545 e. The summed E-state index contributed by atoms with van der Waals surface area (Å²) >= 11 is 14.3. The van der Waals surface area contributed by atoms with Crippen LogP contribution in [-0.4, -0.2) is 51.2 Å². The van der Waals surface area contributed by atoms with Gasteiger partial charge in [-0.1, -0.05) is 89.5 Å². The quantitative estimate of drug-likeness (QED) is 0.0682.